The molecule has 0 spiro atoms. The molecule has 2 nitrogen and oxygen atoms in total. The largest absolute Gasteiger partial charge is 0.380 e. The Morgan fingerprint density at radius 3 is 1.79 bits per heavy atom. The molecule has 1 saturated heterocycles. The first-order valence-corrected chi connectivity index (χ1v) is 5.38. The topological polar surface area (TPSA) is 18.5 Å². The lowest BCUT2D eigenvalue weighted by atomic mass is 9.65. The van der Waals surface area contributed by atoms with Crippen molar-refractivity contribution in [3.63, 3.8) is 0 Å². The van der Waals surface area contributed by atoms with E-state index < -0.39 is 0 Å². The molecule has 0 N–H and O–H groups in total. The molecule has 1 rings (SSSR count). The number of hydrogen-bond acceptors (Lipinski definition) is 2. The van der Waals surface area contributed by atoms with Gasteiger partial charge in [-0.05, 0) is 26.2 Å². The molecule has 84 valence electrons. The van der Waals surface area contributed by atoms with Crippen molar-refractivity contribution in [2.75, 3.05) is 19.8 Å². The van der Waals surface area contributed by atoms with Crippen LogP contribution in [0.3, 0.4) is 0 Å². The molecule has 0 amide bonds. The van der Waals surface area contributed by atoms with Crippen LogP contribution in [-0.2, 0) is 9.47 Å². The van der Waals surface area contributed by atoms with E-state index in [1.807, 2.05) is 0 Å². The zero-order valence-electron chi connectivity index (χ0n) is 10.4. The summed E-state index contributed by atoms with van der Waals surface area (Å²) in [5, 5.41) is 0. The van der Waals surface area contributed by atoms with Crippen LogP contribution in [0.5, 0.6) is 0 Å². The molecule has 0 aromatic carbocycles. The van der Waals surface area contributed by atoms with Crippen LogP contribution in [0.4, 0.5) is 0 Å². The van der Waals surface area contributed by atoms with Crippen LogP contribution in [0.1, 0.15) is 41.5 Å². The summed E-state index contributed by atoms with van der Waals surface area (Å²) in [6, 6.07) is 0. The third-order valence-corrected chi connectivity index (χ3v) is 3.13. The van der Waals surface area contributed by atoms with Crippen LogP contribution in [0, 0.1) is 10.8 Å². The first-order valence-electron chi connectivity index (χ1n) is 5.38. The fourth-order valence-corrected chi connectivity index (χ4v) is 1.44. The van der Waals surface area contributed by atoms with Crippen molar-refractivity contribution in [1.29, 1.82) is 0 Å². The molecule has 0 aliphatic carbocycles. The molecule has 0 atom stereocenters. The van der Waals surface area contributed by atoms with Crippen molar-refractivity contribution in [3.05, 3.63) is 0 Å². The summed E-state index contributed by atoms with van der Waals surface area (Å²) in [6.45, 7) is 15.6. The smallest absolute Gasteiger partial charge is 0.0598 e. The Labute approximate surface area is 88.0 Å². The van der Waals surface area contributed by atoms with Gasteiger partial charge in [0.15, 0.2) is 0 Å². The summed E-state index contributed by atoms with van der Waals surface area (Å²) in [4.78, 5) is 0. The van der Waals surface area contributed by atoms with Gasteiger partial charge in [-0.3, -0.25) is 0 Å². The molecule has 0 radical (unpaired) electrons. The predicted octanol–water partition coefficient (Wildman–Crippen LogP) is 2.86. The zero-order chi connectivity index (χ0) is 11.0. The normalized spacial score (nSPS) is 21.9. The van der Waals surface area contributed by atoms with Crippen molar-refractivity contribution in [3.8, 4) is 0 Å². The number of hydrogen-bond donors (Lipinski definition) is 0. The highest BCUT2D eigenvalue weighted by atomic mass is 16.5. The summed E-state index contributed by atoms with van der Waals surface area (Å²) in [7, 11) is 0. The van der Waals surface area contributed by atoms with E-state index in [0.29, 0.717) is 0 Å². The van der Waals surface area contributed by atoms with Gasteiger partial charge in [-0.1, -0.05) is 20.8 Å². The van der Waals surface area contributed by atoms with Crippen LogP contribution in [0.2, 0.25) is 0 Å². The van der Waals surface area contributed by atoms with Crippen molar-refractivity contribution < 1.29 is 9.47 Å². The first kappa shape index (κ1) is 12.0. The monoisotopic (exact) mass is 200 g/mol. The van der Waals surface area contributed by atoms with Crippen LogP contribution < -0.4 is 0 Å². The minimum Gasteiger partial charge on any atom is -0.380 e. The van der Waals surface area contributed by atoms with Gasteiger partial charge in [0.1, 0.15) is 0 Å². The third kappa shape index (κ3) is 2.48. The Kier molecular flexibility index (Phi) is 2.99. The molecule has 0 bridgehead atoms. The van der Waals surface area contributed by atoms with Gasteiger partial charge in [0, 0.05) is 5.41 Å². The van der Waals surface area contributed by atoms with Gasteiger partial charge < -0.3 is 9.47 Å². The van der Waals surface area contributed by atoms with Gasteiger partial charge in [-0.15, -0.1) is 0 Å². The second kappa shape index (κ2) is 3.49. The summed E-state index contributed by atoms with van der Waals surface area (Å²) in [5.74, 6) is 0. The Bertz CT molecular complexity index is 191. The highest BCUT2D eigenvalue weighted by Crippen LogP contribution is 2.45. The maximum absolute atomic E-state index is 5.88. The van der Waals surface area contributed by atoms with Crippen LogP contribution in [0.25, 0.3) is 0 Å². The van der Waals surface area contributed by atoms with Crippen LogP contribution in [0.15, 0.2) is 0 Å². The maximum Gasteiger partial charge on any atom is 0.0598 e. The standard InChI is InChI=1S/C12H24O2/c1-10(2,3)12(7-13-8-12)9-14-11(4,5)6/h7-9H2,1-6H3. The summed E-state index contributed by atoms with van der Waals surface area (Å²) < 4.78 is 11.2. The summed E-state index contributed by atoms with van der Waals surface area (Å²) >= 11 is 0. The maximum atomic E-state index is 5.88. The van der Waals surface area contributed by atoms with Crippen molar-refractivity contribution in [2.45, 2.75) is 47.1 Å². The molecule has 0 aromatic rings. The van der Waals surface area contributed by atoms with E-state index in [1.165, 1.54) is 0 Å². The lowest BCUT2D eigenvalue weighted by Crippen LogP contribution is -2.55. The Balaban J connectivity index is 2.56. The van der Waals surface area contributed by atoms with Crippen LogP contribution in [-0.4, -0.2) is 25.4 Å². The SMILES string of the molecule is CC(C)(C)OCC1(C(C)(C)C)COC1. The summed E-state index contributed by atoms with van der Waals surface area (Å²) in [5.41, 5.74) is 0.435. The third-order valence-electron chi connectivity index (χ3n) is 3.13. The molecule has 0 unspecified atom stereocenters. The molecule has 1 heterocycles. The first-order chi connectivity index (χ1) is 6.16. The lowest BCUT2D eigenvalue weighted by molar-refractivity contribution is -0.215. The van der Waals surface area contributed by atoms with Crippen LogP contribution >= 0.6 is 0 Å². The molecule has 1 aliphatic heterocycles. The van der Waals surface area contributed by atoms with Gasteiger partial charge in [-0.25, -0.2) is 0 Å². The Morgan fingerprint density at radius 2 is 1.57 bits per heavy atom. The van der Waals surface area contributed by atoms with Gasteiger partial charge in [0.05, 0.1) is 25.4 Å². The van der Waals surface area contributed by atoms with E-state index in [0.717, 1.165) is 19.8 Å². The summed E-state index contributed by atoms with van der Waals surface area (Å²) in [6.07, 6.45) is 0. The van der Waals surface area contributed by atoms with E-state index in [-0.39, 0.29) is 16.4 Å². The molecule has 0 saturated carbocycles. The minimum absolute atomic E-state index is 0.0478. The molecule has 0 aromatic heterocycles. The molecule has 1 fully saturated rings. The number of ether oxygens (including phenoxy) is 2. The molecule has 1 aliphatic rings. The molecular weight excluding hydrogens is 176 g/mol. The average molecular weight is 200 g/mol. The quantitative estimate of drug-likeness (QED) is 0.682. The Morgan fingerprint density at radius 1 is 1.07 bits per heavy atom. The predicted molar refractivity (Wildman–Crippen MR) is 58.4 cm³/mol. The average Bonchev–Trinajstić information content (AvgIpc) is 1.77. The second-order valence-electron chi connectivity index (χ2n) is 6.42. The van der Waals surface area contributed by atoms with Gasteiger partial charge in [0.25, 0.3) is 0 Å². The number of rotatable bonds is 2. The highest BCUT2D eigenvalue weighted by Gasteiger charge is 2.49. The molecule has 2 heteroatoms. The van der Waals surface area contributed by atoms with E-state index in [1.54, 1.807) is 0 Å². The fraction of sp³-hybridized carbons (Fsp3) is 1.00. The van der Waals surface area contributed by atoms with Crippen molar-refractivity contribution in [1.82, 2.24) is 0 Å². The lowest BCUT2D eigenvalue weighted by Gasteiger charge is -2.51. The van der Waals surface area contributed by atoms with Crippen molar-refractivity contribution in [2.24, 2.45) is 10.8 Å². The molecule has 14 heavy (non-hydrogen) atoms. The van der Waals surface area contributed by atoms with Crippen molar-refractivity contribution >= 4 is 0 Å². The van der Waals surface area contributed by atoms with Gasteiger partial charge >= 0.3 is 0 Å². The molecular formula is C12H24O2. The van der Waals surface area contributed by atoms with E-state index in [9.17, 15) is 0 Å². The van der Waals surface area contributed by atoms with Gasteiger partial charge in [-0.2, -0.15) is 0 Å². The van der Waals surface area contributed by atoms with E-state index >= 15 is 0 Å². The second-order valence-corrected chi connectivity index (χ2v) is 6.42. The minimum atomic E-state index is -0.0478. The zero-order valence-corrected chi connectivity index (χ0v) is 10.4. The highest BCUT2D eigenvalue weighted by molar-refractivity contribution is 4.95. The van der Waals surface area contributed by atoms with E-state index in [4.69, 9.17) is 9.47 Å². The van der Waals surface area contributed by atoms with E-state index in [2.05, 4.69) is 41.5 Å². The van der Waals surface area contributed by atoms with Gasteiger partial charge in [0.2, 0.25) is 0 Å². The Hall–Kier alpha value is -0.0800. The fourth-order valence-electron chi connectivity index (χ4n) is 1.44.